The highest BCUT2D eigenvalue weighted by Crippen LogP contribution is 2.47. The van der Waals surface area contributed by atoms with Gasteiger partial charge in [0.2, 0.25) is 0 Å². The van der Waals surface area contributed by atoms with Crippen molar-refractivity contribution in [3.8, 4) is 0 Å². The number of amides is 2. The van der Waals surface area contributed by atoms with Crippen molar-refractivity contribution >= 4 is 17.8 Å². The van der Waals surface area contributed by atoms with Crippen molar-refractivity contribution < 1.29 is 14.3 Å². The maximum absolute atomic E-state index is 13.0. The molecule has 6 heteroatoms. The normalized spacial score (nSPS) is 16.9. The predicted octanol–water partition coefficient (Wildman–Crippen LogP) is 2.27. The molecule has 1 unspecified atom stereocenters. The van der Waals surface area contributed by atoms with Crippen molar-refractivity contribution in [2.24, 2.45) is 0 Å². The summed E-state index contributed by atoms with van der Waals surface area (Å²) in [6.07, 6.45) is 4.53. The van der Waals surface area contributed by atoms with Crippen molar-refractivity contribution in [3.63, 3.8) is 0 Å². The first-order valence-corrected chi connectivity index (χ1v) is 8.89. The van der Waals surface area contributed by atoms with Gasteiger partial charge in [-0.05, 0) is 43.2 Å². The third-order valence-electron chi connectivity index (χ3n) is 4.08. The Morgan fingerprint density at radius 2 is 2.09 bits per heavy atom. The summed E-state index contributed by atoms with van der Waals surface area (Å²) in [4.78, 5) is 12.0. The summed E-state index contributed by atoms with van der Waals surface area (Å²) in [6.45, 7) is 0.612. The van der Waals surface area contributed by atoms with Gasteiger partial charge in [0.15, 0.2) is 0 Å². The Morgan fingerprint density at radius 1 is 1.41 bits per heavy atom. The van der Waals surface area contributed by atoms with Crippen LogP contribution >= 0.6 is 11.8 Å². The zero-order chi connectivity index (χ0) is 16.0. The molecule has 4 nitrogen and oxygen atoms in total. The molecule has 1 aromatic carbocycles. The summed E-state index contributed by atoms with van der Waals surface area (Å²) in [5, 5.41) is 14.8. The number of thioether (sulfide) groups is 1. The molecule has 0 saturated heterocycles. The molecule has 1 aromatic rings. The van der Waals surface area contributed by atoms with Crippen LogP contribution in [0.1, 0.15) is 24.8 Å². The summed E-state index contributed by atoms with van der Waals surface area (Å²) in [5.74, 6) is 0.533. The topological polar surface area (TPSA) is 61.4 Å². The molecule has 1 aliphatic rings. The minimum atomic E-state index is -0.242. The number of halogens is 1. The number of hydrogen-bond donors (Lipinski definition) is 3. The SMILES string of the molecule is CSCC(CCO)NC(=O)NCC1(c2ccc(F)cc2)CC1. The third kappa shape index (κ3) is 4.61. The van der Waals surface area contributed by atoms with Crippen LogP contribution in [-0.2, 0) is 5.41 Å². The lowest BCUT2D eigenvalue weighted by Gasteiger charge is -2.20. The molecule has 0 heterocycles. The molecule has 22 heavy (non-hydrogen) atoms. The molecule has 2 amide bonds. The molecule has 1 saturated carbocycles. The van der Waals surface area contributed by atoms with Crippen LogP contribution in [-0.4, -0.2) is 42.3 Å². The lowest BCUT2D eigenvalue weighted by molar-refractivity contribution is 0.230. The Bertz CT molecular complexity index is 485. The highest BCUT2D eigenvalue weighted by molar-refractivity contribution is 7.98. The first kappa shape index (κ1) is 17.1. The van der Waals surface area contributed by atoms with Crippen molar-refractivity contribution in [1.29, 1.82) is 0 Å². The van der Waals surface area contributed by atoms with Gasteiger partial charge in [0.1, 0.15) is 5.82 Å². The first-order valence-electron chi connectivity index (χ1n) is 7.50. The van der Waals surface area contributed by atoms with Gasteiger partial charge >= 0.3 is 6.03 Å². The molecular weight excluding hydrogens is 303 g/mol. The minimum Gasteiger partial charge on any atom is -0.396 e. The van der Waals surface area contributed by atoms with Crippen LogP contribution in [0.2, 0.25) is 0 Å². The second-order valence-corrected chi connectivity index (χ2v) is 6.69. The summed E-state index contributed by atoms with van der Waals surface area (Å²) in [6, 6.07) is 6.28. The lowest BCUT2D eigenvalue weighted by Crippen LogP contribution is -2.45. The zero-order valence-corrected chi connectivity index (χ0v) is 13.6. The smallest absolute Gasteiger partial charge is 0.315 e. The van der Waals surface area contributed by atoms with E-state index in [-0.39, 0.29) is 29.9 Å². The van der Waals surface area contributed by atoms with Gasteiger partial charge in [-0.15, -0.1) is 0 Å². The summed E-state index contributed by atoms with van der Waals surface area (Å²) < 4.78 is 13.0. The Balaban J connectivity index is 1.84. The molecule has 3 N–H and O–H groups in total. The van der Waals surface area contributed by atoms with Crippen LogP contribution in [0.3, 0.4) is 0 Å². The largest absolute Gasteiger partial charge is 0.396 e. The molecule has 1 aliphatic carbocycles. The van der Waals surface area contributed by atoms with Crippen molar-refractivity contribution in [2.45, 2.75) is 30.7 Å². The van der Waals surface area contributed by atoms with E-state index in [2.05, 4.69) is 10.6 Å². The van der Waals surface area contributed by atoms with Crippen LogP contribution in [0, 0.1) is 5.82 Å². The van der Waals surface area contributed by atoms with E-state index in [0.717, 1.165) is 24.2 Å². The second-order valence-electron chi connectivity index (χ2n) is 5.78. The van der Waals surface area contributed by atoms with Crippen LogP contribution in [0.25, 0.3) is 0 Å². The molecule has 1 atom stereocenters. The van der Waals surface area contributed by atoms with Gasteiger partial charge in [-0.3, -0.25) is 0 Å². The molecular formula is C16H23FN2O2S. The Labute approximate surface area is 134 Å². The van der Waals surface area contributed by atoms with Crippen LogP contribution in [0.15, 0.2) is 24.3 Å². The zero-order valence-electron chi connectivity index (χ0n) is 12.8. The van der Waals surface area contributed by atoms with E-state index in [1.165, 1.54) is 12.1 Å². The molecule has 2 rings (SSSR count). The van der Waals surface area contributed by atoms with Gasteiger partial charge in [-0.25, -0.2) is 9.18 Å². The van der Waals surface area contributed by atoms with E-state index >= 15 is 0 Å². The van der Waals surface area contributed by atoms with E-state index in [1.807, 2.05) is 6.26 Å². The number of hydrogen-bond acceptors (Lipinski definition) is 3. The lowest BCUT2D eigenvalue weighted by atomic mass is 9.96. The van der Waals surface area contributed by atoms with Gasteiger partial charge in [-0.1, -0.05) is 12.1 Å². The van der Waals surface area contributed by atoms with Crippen molar-refractivity contribution in [3.05, 3.63) is 35.6 Å². The molecule has 122 valence electrons. The number of carbonyl (C=O) groups excluding carboxylic acids is 1. The molecule has 0 aliphatic heterocycles. The van der Waals surface area contributed by atoms with Gasteiger partial charge in [-0.2, -0.15) is 11.8 Å². The van der Waals surface area contributed by atoms with E-state index in [9.17, 15) is 9.18 Å². The predicted molar refractivity (Wildman–Crippen MR) is 87.7 cm³/mol. The van der Waals surface area contributed by atoms with E-state index in [1.54, 1.807) is 23.9 Å². The second kappa shape index (κ2) is 7.83. The molecule has 0 aromatic heterocycles. The number of urea groups is 1. The third-order valence-corrected chi connectivity index (χ3v) is 4.81. The van der Waals surface area contributed by atoms with Gasteiger partial charge in [0, 0.05) is 30.4 Å². The summed E-state index contributed by atoms with van der Waals surface area (Å²) in [5.41, 5.74) is 1.03. The number of aliphatic hydroxyl groups is 1. The highest BCUT2D eigenvalue weighted by Gasteiger charge is 2.44. The van der Waals surface area contributed by atoms with Crippen molar-refractivity contribution in [2.75, 3.05) is 25.2 Å². The first-order chi connectivity index (χ1) is 10.6. The number of rotatable bonds is 8. The summed E-state index contributed by atoms with van der Waals surface area (Å²) in [7, 11) is 0. The van der Waals surface area contributed by atoms with Crippen LogP contribution < -0.4 is 10.6 Å². The number of nitrogens with one attached hydrogen (secondary N) is 2. The van der Waals surface area contributed by atoms with E-state index < -0.39 is 0 Å². The van der Waals surface area contributed by atoms with Gasteiger partial charge < -0.3 is 15.7 Å². The standard InChI is InChI=1S/C16H23FN2O2S/c1-22-10-14(6-9-20)19-15(21)18-11-16(7-8-16)12-2-4-13(17)5-3-12/h2-5,14,20H,6-11H2,1H3,(H2,18,19,21). The van der Waals surface area contributed by atoms with E-state index in [0.29, 0.717) is 13.0 Å². The van der Waals surface area contributed by atoms with Crippen LogP contribution in [0.4, 0.5) is 9.18 Å². The molecule has 0 bridgehead atoms. The quantitative estimate of drug-likeness (QED) is 0.687. The van der Waals surface area contributed by atoms with Gasteiger partial charge in [0.25, 0.3) is 0 Å². The van der Waals surface area contributed by atoms with Gasteiger partial charge in [0.05, 0.1) is 0 Å². The average Bonchev–Trinajstić information content (AvgIpc) is 3.28. The molecule has 0 radical (unpaired) electrons. The minimum absolute atomic E-state index is 0.0269. The molecule has 1 fully saturated rings. The Kier molecular flexibility index (Phi) is 6.08. The maximum atomic E-state index is 13.0. The van der Waals surface area contributed by atoms with Crippen LogP contribution in [0.5, 0.6) is 0 Å². The fraction of sp³-hybridized carbons (Fsp3) is 0.562. The number of aliphatic hydroxyl groups excluding tert-OH is 1. The fourth-order valence-electron chi connectivity index (χ4n) is 2.56. The number of carbonyl (C=O) groups is 1. The fourth-order valence-corrected chi connectivity index (χ4v) is 3.21. The Hall–Kier alpha value is -1.27. The number of benzene rings is 1. The van der Waals surface area contributed by atoms with E-state index in [4.69, 9.17) is 5.11 Å². The summed E-state index contributed by atoms with van der Waals surface area (Å²) >= 11 is 1.64. The average molecular weight is 326 g/mol. The molecule has 0 spiro atoms. The highest BCUT2D eigenvalue weighted by atomic mass is 32.2. The maximum Gasteiger partial charge on any atom is 0.315 e. The van der Waals surface area contributed by atoms with Crippen molar-refractivity contribution in [1.82, 2.24) is 10.6 Å². The Morgan fingerprint density at radius 3 is 2.64 bits per heavy atom. The monoisotopic (exact) mass is 326 g/mol.